The number of hydrogen-bond donors (Lipinski definition) is 2. The normalized spacial score (nSPS) is 17.8. The van der Waals surface area contributed by atoms with Gasteiger partial charge in [-0.15, -0.1) is 11.3 Å². The SMILES string of the molecule is COc1cc(NC2CCCc3sccc32)nc(N)n1. The number of nitrogens with two attached hydrogens (primary N) is 1. The van der Waals surface area contributed by atoms with Gasteiger partial charge in [-0.05, 0) is 36.3 Å². The minimum atomic E-state index is 0.225. The molecule has 19 heavy (non-hydrogen) atoms. The lowest BCUT2D eigenvalue weighted by Crippen LogP contribution is -2.16. The molecule has 0 bridgehead atoms. The molecule has 2 aromatic rings. The number of ether oxygens (including phenoxy) is 1. The summed E-state index contributed by atoms with van der Waals surface area (Å²) in [7, 11) is 1.57. The third kappa shape index (κ3) is 2.49. The van der Waals surface area contributed by atoms with E-state index in [4.69, 9.17) is 10.5 Å². The van der Waals surface area contributed by atoms with E-state index in [9.17, 15) is 0 Å². The first kappa shape index (κ1) is 12.2. The average Bonchev–Trinajstić information content (AvgIpc) is 2.87. The van der Waals surface area contributed by atoms with Gasteiger partial charge in [0.15, 0.2) is 0 Å². The molecule has 1 atom stereocenters. The molecule has 0 saturated heterocycles. The van der Waals surface area contributed by atoms with Crippen LogP contribution >= 0.6 is 11.3 Å². The first-order valence-electron chi connectivity index (χ1n) is 6.27. The van der Waals surface area contributed by atoms with Crippen molar-refractivity contribution in [3.05, 3.63) is 28.0 Å². The lowest BCUT2D eigenvalue weighted by Gasteiger charge is -2.24. The molecule has 100 valence electrons. The van der Waals surface area contributed by atoms with Crippen LogP contribution in [0.4, 0.5) is 11.8 Å². The van der Waals surface area contributed by atoms with Crippen LogP contribution in [0, 0.1) is 0 Å². The Morgan fingerprint density at radius 2 is 2.37 bits per heavy atom. The maximum atomic E-state index is 5.67. The van der Waals surface area contributed by atoms with Crippen LogP contribution in [-0.2, 0) is 6.42 Å². The highest BCUT2D eigenvalue weighted by atomic mass is 32.1. The second-order valence-electron chi connectivity index (χ2n) is 4.54. The number of thiophene rings is 1. The summed E-state index contributed by atoms with van der Waals surface area (Å²) in [6.45, 7) is 0. The summed E-state index contributed by atoms with van der Waals surface area (Å²) >= 11 is 1.83. The van der Waals surface area contributed by atoms with Gasteiger partial charge in [0.2, 0.25) is 11.8 Å². The minimum absolute atomic E-state index is 0.225. The number of aromatic nitrogens is 2. The Labute approximate surface area is 115 Å². The number of methoxy groups -OCH3 is 1. The fraction of sp³-hybridized carbons (Fsp3) is 0.385. The standard InChI is InChI=1S/C13H16N4OS/c1-18-12-7-11(16-13(14)17-12)15-9-3-2-4-10-8(9)5-6-19-10/h5-7,9H,2-4H2,1H3,(H3,14,15,16,17). The molecule has 0 spiro atoms. The van der Waals surface area contributed by atoms with Gasteiger partial charge in [0, 0.05) is 10.9 Å². The molecular weight excluding hydrogens is 260 g/mol. The van der Waals surface area contributed by atoms with Crippen molar-refractivity contribution in [1.82, 2.24) is 9.97 Å². The van der Waals surface area contributed by atoms with Crippen LogP contribution in [0.5, 0.6) is 5.88 Å². The fourth-order valence-corrected chi connectivity index (χ4v) is 3.42. The predicted octanol–water partition coefficient (Wildman–Crippen LogP) is 2.62. The summed E-state index contributed by atoms with van der Waals surface area (Å²) in [5.41, 5.74) is 7.06. The van der Waals surface area contributed by atoms with E-state index in [2.05, 4.69) is 26.7 Å². The van der Waals surface area contributed by atoms with Gasteiger partial charge in [-0.1, -0.05) is 0 Å². The monoisotopic (exact) mass is 276 g/mol. The van der Waals surface area contributed by atoms with Gasteiger partial charge in [-0.25, -0.2) is 0 Å². The number of fused-ring (bicyclic) bond motifs is 1. The van der Waals surface area contributed by atoms with Gasteiger partial charge in [0.05, 0.1) is 13.2 Å². The zero-order chi connectivity index (χ0) is 13.2. The van der Waals surface area contributed by atoms with Crippen LogP contribution in [0.15, 0.2) is 17.5 Å². The Kier molecular flexibility index (Phi) is 3.25. The maximum Gasteiger partial charge on any atom is 0.225 e. The van der Waals surface area contributed by atoms with Crippen molar-refractivity contribution in [2.75, 3.05) is 18.2 Å². The van der Waals surface area contributed by atoms with Crippen molar-refractivity contribution in [1.29, 1.82) is 0 Å². The Bertz CT molecular complexity index is 584. The van der Waals surface area contributed by atoms with Crippen molar-refractivity contribution in [2.45, 2.75) is 25.3 Å². The fourth-order valence-electron chi connectivity index (χ4n) is 2.44. The van der Waals surface area contributed by atoms with E-state index in [1.807, 2.05) is 11.3 Å². The molecule has 0 aliphatic heterocycles. The molecule has 3 rings (SSSR count). The molecule has 0 saturated carbocycles. The van der Waals surface area contributed by atoms with Crippen LogP contribution in [0.3, 0.4) is 0 Å². The van der Waals surface area contributed by atoms with Crippen LogP contribution in [0.1, 0.15) is 29.3 Å². The molecule has 0 radical (unpaired) electrons. The molecular formula is C13H16N4OS. The van der Waals surface area contributed by atoms with Crippen molar-refractivity contribution in [3.8, 4) is 5.88 Å². The van der Waals surface area contributed by atoms with Crippen molar-refractivity contribution in [3.63, 3.8) is 0 Å². The molecule has 0 aromatic carbocycles. The molecule has 0 amide bonds. The maximum absolute atomic E-state index is 5.67. The zero-order valence-corrected chi connectivity index (χ0v) is 11.5. The van der Waals surface area contributed by atoms with Crippen molar-refractivity contribution >= 4 is 23.1 Å². The van der Waals surface area contributed by atoms with Gasteiger partial charge in [0.1, 0.15) is 5.82 Å². The van der Waals surface area contributed by atoms with Crippen LogP contribution in [-0.4, -0.2) is 17.1 Å². The first-order chi connectivity index (χ1) is 9.26. The van der Waals surface area contributed by atoms with Crippen molar-refractivity contribution in [2.24, 2.45) is 0 Å². The van der Waals surface area contributed by atoms with E-state index in [0.717, 1.165) is 6.42 Å². The molecule has 2 heterocycles. The quantitative estimate of drug-likeness (QED) is 0.901. The number of hydrogen-bond acceptors (Lipinski definition) is 6. The Balaban J connectivity index is 1.85. The summed E-state index contributed by atoms with van der Waals surface area (Å²) < 4.78 is 5.11. The van der Waals surface area contributed by atoms with E-state index in [1.165, 1.54) is 23.3 Å². The Morgan fingerprint density at radius 1 is 1.47 bits per heavy atom. The summed E-state index contributed by atoms with van der Waals surface area (Å²) in [6, 6.07) is 4.27. The Hall–Kier alpha value is -1.82. The van der Waals surface area contributed by atoms with E-state index in [-0.39, 0.29) is 5.95 Å². The van der Waals surface area contributed by atoms with Gasteiger partial charge < -0.3 is 15.8 Å². The largest absolute Gasteiger partial charge is 0.481 e. The molecule has 1 unspecified atom stereocenters. The highest BCUT2D eigenvalue weighted by Crippen LogP contribution is 2.35. The number of rotatable bonds is 3. The predicted molar refractivity (Wildman–Crippen MR) is 76.6 cm³/mol. The Morgan fingerprint density at radius 3 is 3.21 bits per heavy atom. The number of anilines is 2. The van der Waals surface area contributed by atoms with Crippen LogP contribution in [0.25, 0.3) is 0 Å². The summed E-state index contributed by atoms with van der Waals surface area (Å²) in [6.07, 6.45) is 3.49. The first-order valence-corrected chi connectivity index (χ1v) is 7.15. The summed E-state index contributed by atoms with van der Waals surface area (Å²) in [5.74, 6) is 1.42. The molecule has 0 fully saturated rings. The number of nitrogens with one attached hydrogen (secondary N) is 1. The topological polar surface area (TPSA) is 73.1 Å². The second kappa shape index (κ2) is 5.05. The lowest BCUT2D eigenvalue weighted by molar-refractivity contribution is 0.398. The number of nitrogen functional groups attached to an aromatic ring is 1. The molecule has 6 heteroatoms. The second-order valence-corrected chi connectivity index (χ2v) is 5.54. The third-order valence-corrected chi connectivity index (χ3v) is 4.30. The summed E-state index contributed by atoms with van der Waals surface area (Å²) in [5, 5.41) is 5.59. The van der Waals surface area contributed by atoms with E-state index >= 15 is 0 Å². The lowest BCUT2D eigenvalue weighted by atomic mass is 9.94. The average molecular weight is 276 g/mol. The third-order valence-electron chi connectivity index (χ3n) is 3.30. The molecule has 5 nitrogen and oxygen atoms in total. The van der Waals surface area contributed by atoms with E-state index < -0.39 is 0 Å². The molecule has 2 aromatic heterocycles. The van der Waals surface area contributed by atoms with Gasteiger partial charge in [-0.2, -0.15) is 9.97 Å². The van der Waals surface area contributed by atoms with E-state index in [1.54, 1.807) is 13.2 Å². The highest BCUT2D eigenvalue weighted by Gasteiger charge is 2.21. The summed E-state index contributed by atoms with van der Waals surface area (Å²) in [4.78, 5) is 9.67. The van der Waals surface area contributed by atoms with Crippen LogP contribution < -0.4 is 15.8 Å². The zero-order valence-electron chi connectivity index (χ0n) is 10.7. The molecule has 1 aliphatic rings. The van der Waals surface area contributed by atoms with Crippen LogP contribution in [0.2, 0.25) is 0 Å². The highest BCUT2D eigenvalue weighted by molar-refractivity contribution is 7.10. The minimum Gasteiger partial charge on any atom is -0.481 e. The number of nitrogens with zero attached hydrogens (tertiary/aromatic N) is 2. The van der Waals surface area contributed by atoms with Gasteiger partial charge in [-0.3, -0.25) is 0 Å². The van der Waals surface area contributed by atoms with Crippen molar-refractivity contribution < 1.29 is 4.74 Å². The van der Waals surface area contributed by atoms with E-state index in [0.29, 0.717) is 17.7 Å². The smallest absolute Gasteiger partial charge is 0.225 e. The van der Waals surface area contributed by atoms with Gasteiger partial charge in [0.25, 0.3) is 0 Å². The molecule has 1 aliphatic carbocycles. The molecule has 3 N–H and O–H groups in total. The number of aryl methyl sites for hydroxylation is 1. The van der Waals surface area contributed by atoms with Gasteiger partial charge >= 0.3 is 0 Å².